The molecule has 14 unspecified atom stereocenters. The molecule has 49 heavy (non-hydrogen) atoms. The second-order valence-electron chi connectivity index (χ2n) is 18.3. The molecule has 0 amide bonds. The van der Waals surface area contributed by atoms with Crippen LogP contribution in [0.1, 0.15) is 186 Å². The van der Waals surface area contributed by atoms with E-state index in [1.165, 1.54) is 64.2 Å². The number of methoxy groups -OCH3 is 2. The quantitative estimate of drug-likeness (QED) is 0.0509. The van der Waals surface area contributed by atoms with Crippen molar-refractivity contribution in [3.05, 3.63) is 0 Å². The Balaban J connectivity index is 4.33. The van der Waals surface area contributed by atoms with Crippen LogP contribution in [0.5, 0.6) is 0 Å². The van der Waals surface area contributed by atoms with E-state index >= 15 is 0 Å². The second-order valence-corrected chi connectivity index (χ2v) is 19.8. The summed E-state index contributed by atoms with van der Waals surface area (Å²) in [5.74, 6) is 7.56. The minimum Gasteiger partial charge on any atom is -0.356 e. The van der Waals surface area contributed by atoms with Crippen molar-refractivity contribution in [1.82, 2.24) is 0 Å². The Labute approximate surface area is 318 Å². The monoisotopic (exact) mass is 735 g/mol. The highest BCUT2D eigenvalue weighted by Gasteiger charge is 2.21. The van der Waals surface area contributed by atoms with Crippen LogP contribution in [0.15, 0.2) is 0 Å². The largest absolute Gasteiger partial charge is 0.356 e. The van der Waals surface area contributed by atoms with Crippen LogP contribution >= 0.6 is 23.2 Å². The van der Waals surface area contributed by atoms with Crippen molar-refractivity contribution in [3.8, 4) is 0 Å². The molecule has 0 rings (SSSR count). The maximum atomic E-state index is 6.29. The molecular weight excluding hydrogens is 647 g/mol. The summed E-state index contributed by atoms with van der Waals surface area (Å²) in [6, 6.07) is 0. The molecule has 0 radical (unpaired) electrons. The number of ether oxygens (including phenoxy) is 3. The van der Waals surface area contributed by atoms with Crippen molar-refractivity contribution in [3.63, 3.8) is 0 Å². The van der Waals surface area contributed by atoms with E-state index in [1.54, 1.807) is 14.2 Å². The Bertz CT molecular complexity index is 688. The van der Waals surface area contributed by atoms with Crippen molar-refractivity contribution in [2.24, 2.45) is 59.2 Å². The second kappa shape index (κ2) is 28.9. The Kier molecular flexibility index (Phi) is 29.2. The lowest BCUT2D eigenvalue weighted by Gasteiger charge is -2.26. The summed E-state index contributed by atoms with van der Waals surface area (Å²) in [4.78, 5) is 0. The van der Waals surface area contributed by atoms with Crippen LogP contribution in [0.3, 0.4) is 0 Å². The third kappa shape index (κ3) is 28.6. The van der Waals surface area contributed by atoms with Gasteiger partial charge in [-0.15, -0.1) is 23.2 Å². The van der Waals surface area contributed by atoms with Gasteiger partial charge in [-0.05, 0) is 163 Å². The van der Waals surface area contributed by atoms with E-state index in [0.717, 1.165) is 97.7 Å². The Hall–Kier alpha value is 0.460. The van der Waals surface area contributed by atoms with Gasteiger partial charge in [-0.25, -0.2) is 0 Å². The third-order valence-corrected chi connectivity index (χ3v) is 11.4. The molecule has 0 aromatic rings. The van der Waals surface area contributed by atoms with Gasteiger partial charge in [-0.1, -0.05) is 82.1 Å². The first-order valence-electron chi connectivity index (χ1n) is 20.9. The molecule has 0 heterocycles. The molecule has 0 aromatic heterocycles. The molecule has 0 bridgehead atoms. The lowest BCUT2D eigenvalue weighted by molar-refractivity contribution is -0.233. The fraction of sp³-hybridized carbons (Fsp3) is 1.00. The predicted octanol–water partition coefficient (Wildman–Crippen LogP) is 14.8. The summed E-state index contributed by atoms with van der Waals surface area (Å²) in [5, 5.41) is 0.575. The molecule has 0 N–H and O–H groups in total. The Morgan fingerprint density at radius 2 is 0.551 bits per heavy atom. The van der Waals surface area contributed by atoms with Gasteiger partial charge in [0.2, 0.25) is 0 Å². The van der Waals surface area contributed by atoms with Gasteiger partial charge in [-0.3, -0.25) is 0 Å². The van der Waals surface area contributed by atoms with Gasteiger partial charge >= 0.3 is 0 Å². The van der Waals surface area contributed by atoms with Crippen molar-refractivity contribution in [1.29, 1.82) is 0 Å². The number of hydrogen-bond donors (Lipinski definition) is 0. The van der Waals surface area contributed by atoms with Gasteiger partial charge in [-0.2, -0.15) is 0 Å². The molecule has 3 nitrogen and oxygen atoms in total. The first-order valence-corrected chi connectivity index (χ1v) is 21.8. The van der Waals surface area contributed by atoms with E-state index in [0.29, 0.717) is 0 Å². The molecule has 0 saturated heterocycles. The lowest BCUT2D eigenvalue weighted by Crippen LogP contribution is -2.25. The summed E-state index contributed by atoms with van der Waals surface area (Å²) in [6.07, 6.45) is 19.0. The van der Waals surface area contributed by atoms with Crippen molar-refractivity contribution in [2.75, 3.05) is 14.2 Å². The predicted molar refractivity (Wildman–Crippen MR) is 219 cm³/mol. The molecule has 0 aliphatic heterocycles. The van der Waals surface area contributed by atoms with Gasteiger partial charge in [0.05, 0.1) is 0 Å². The minimum absolute atomic E-state index is 0.192. The molecule has 5 heteroatoms. The van der Waals surface area contributed by atoms with Gasteiger partial charge in [0, 0.05) is 25.0 Å². The molecule has 0 aromatic carbocycles. The molecule has 0 saturated carbocycles. The van der Waals surface area contributed by atoms with Gasteiger partial charge in [0.15, 0.2) is 12.6 Å². The number of halogens is 2. The summed E-state index contributed by atoms with van der Waals surface area (Å²) in [5.41, 5.74) is 0. The highest BCUT2D eigenvalue weighted by molar-refractivity contribution is 6.20. The van der Waals surface area contributed by atoms with Crippen LogP contribution in [0, 0.1) is 59.2 Å². The summed E-state index contributed by atoms with van der Waals surface area (Å²) in [6.45, 7) is 28.5. The zero-order valence-electron chi connectivity index (χ0n) is 35.4. The lowest BCUT2D eigenvalue weighted by atomic mass is 9.82. The van der Waals surface area contributed by atoms with Crippen LogP contribution in [0.2, 0.25) is 0 Å². The molecule has 0 aliphatic carbocycles. The Morgan fingerprint density at radius 1 is 0.327 bits per heavy atom. The van der Waals surface area contributed by atoms with E-state index < -0.39 is 0 Å². The standard InChI is InChI=1S/C44H88Cl2O3/c1-31(21-33(3)23-35(5)25-37(7)27-39(9)29-41(11)45)17-15-19-43(47-13)49-44(48-14)20-16-18-32(2)22-34(4)24-36(6)26-38(8)28-40(10)30-42(12)46/h31-44H,15-30H2,1-14H3. The van der Waals surface area contributed by atoms with E-state index in [4.69, 9.17) is 37.4 Å². The highest BCUT2D eigenvalue weighted by atomic mass is 35.5. The van der Waals surface area contributed by atoms with Crippen LogP contribution in [-0.2, 0) is 14.2 Å². The molecular formula is C44H88Cl2O3. The third-order valence-electron chi connectivity index (χ3n) is 11.0. The molecule has 0 fully saturated rings. The fourth-order valence-electron chi connectivity index (χ4n) is 9.53. The van der Waals surface area contributed by atoms with E-state index in [9.17, 15) is 0 Å². The Morgan fingerprint density at radius 3 is 0.776 bits per heavy atom. The van der Waals surface area contributed by atoms with Crippen molar-refractivity contribution < 1.29 is 14.2 Å². The van der Waals surface area contributed by atoms with Crippen LogP contribution < -0.4 is 0 Å². The molecule has 0 spiro atoms. The highest BCUT2D eigenvalue weighted by Crippen LogP contribution is 2.31. The van der Waals surface area contributed by atoms with Gasteiger partial charge in [0.1, 0.15) is 0 Å². The molecule has 0 aliphatic rings. The fourth-order valence-corrected chi connectivity index (χ4v) is 10.1. The smallest absolute Gasteiger partial charge is 0.160 e. The zero-order chi connectivity index (χ0) is 37.5. The van der Waals surface area contributed by atoms with Crippen molar-refractivity contribution >= 4 is 23.2 Å². The van der Waals surface area contributed by atoms with Crippen molar-refractivity contribution in [2.45, 2.75) is 209 Å². The SMILES string of the molecule is COC(CCCC(C)CC(C)CC(C)CC(C)CC(C)CC(C)Cl)OC(CCCC(C)CC(C)CC(C)CC(C)CC(C)CC(C)Cl)OC. The first-order chi connectivity index (χ1) is 22.9. The summed E-state index contributed by atoms with van der Waals surface area (Å²) < 4.78 is 17.8. The average molecular weight is 736 g/mol. The van der Waals surface area contributed by atoms with E-state index in [2.05, 4.69) is 83.1 Å². The van der Waals surface area contributed by atoms with E-state index in [-0.39, 0.29) is 23.3 Å². The molecule has 296 valence electrons. The zero-order valence-corrected chi connectivity index (χ0v) is 36.9. The number of rotatable bonds is 32. The van der Waals surface area contributed by atoms with Gasteiger partial charge in [0.25, 0.3) is 0 Å². The maximum absolute atomic E-state index is 6.29. The van der Waals surface area contributed by atoms with Gasteiger partial charge < -0.3 is 14.2 Å². The van der Waals surface area contributed by atoms with Crippen LogP contribution in [-0.4, -0.2) is 37.6 Å². The minimum atomic E-state index is -0.192. The van der Waals surface area contributed by atoms with E-state index in [1.807, 2.05) is 0 Å². The summed E-state index contributed by atoms with van der Waals surface area (Å²) >= 11 is 12.4. The topological polar surface area (TPSA) is 27.7 Å². The maximum Gasteiger partial charge on any atom is 0.160 e. The van der Waals surface area contributed by atoms with Crippen LogP contribution in [0.4, 0.5) is 0 Å². The number of hydrogen-bond acceptors (Lipinski definition) is 3. The van der Waals surface area contributed by atoms with Crippen LogP contribution in [0.25, 0.3) is 0 Å². The number of alkyl halides is 2. The average Bonchev–Trinajstić information content (AvgIpc) is 2.93. The first kappa shape index (κ1) is 49.5. The summed E-state index contributed by atoms with van der Waals surface area (Å²) in [7, 11) is 3.54. The molecule has 14 atom stereocenters. The normalized spacial score (nSPS) is 21.1.